The van der Waals surface area contributed by atoms with Crippen LogP contribution in [0.3, 0.4) is 0 Å². The summed E-state index contributed by atoms with van der Waals surface area (Å²) < 4.78 is 19.5. The number of anilines is 1. The fourth-order valence-corrected chi connectivity index (χ4v) is 2.71. The molecule has 0 unspecified atom stereocenters. The Morgan fingerprint density at radius 3 is 2.89 bits per heavy atom. The first-order chi connectivity index (χ1) is 13.6. The second-order valence-electron chi connectivity index (χ2n) is 5.86. The first-order valence-corrected chi connectivity index (χ1v) is 8.23. The van der Waals surface area contributed by atoms with Crippen molar-refractivity contribution < 1.29 is 13.8 Å². The van der Waals surface area contributed by atoms with Gasteiger partial charge in [-0.3, -0.25) is 4.79 Å². The Balaban J connectivity index is 1.58. The van der Waals surface area contributed by atoms with E-state index in [-0.39, 0.29) is 23.9 Å². The lowest BCUT2D eigenvalue weighted by atomic mass is 10.2. The zero-order valence-corrected chi connectivity index (χ0v) is 14.4. The second kappa shape index (κ2) is 7.27. The maximum atomic E-state index is 13.2. The van der Waals surface area contributed by atoms with E-state index in [1.54, 1.807) is 22.8 Å². The van der Waals surface area contributed by atoms with E-state index in [0.29, 0.717) is 22.4 Å². The lowest BCUT2D eigenvalue weighted by molar-refractivity contribution is -0.121. The number of fused-ring (bicyclic) bond motifs is 1. The smallest absolute Gasteiger partial charge is 0.260 e. The van der Waals surface area contributed by atoms with Gasteiger partial charge < -0.3 is 10.3 Å². The summed E-state index contributed by atoms with van der Waals surface area (Å²) in [4.78, 5) is 16.8. The van der Waals surface area contributed by atoms with Crippen LogP contribution >= 0.6 is 0 Å². The van der Waals surface area contributed by atoms with Crippen molar-refractivity contribution >= 4 is 29.0 Å². The molecule has 0 aliphatic carbocycles. The SMILES string of the molecule is Nc1nonc1-c1nc2ccccc2n1CC(=O)N/N=C/c1cccc(F)c1. The largest absolute Gasteiger partial charge is 0.379 e. The zero-order valence-electron chi connectivity index (χ0n) is 14.4. The highest BCUT2D eigenvalue weighted by atomic mass is 19.1. The topological polar surface area (TPSA) is 124 Å². The van der Waals surface area contributed by atoms with Gasteiger partial charge in [-0.25, -0.2) is 19.4 Å². The minimum atomic E-state index is -0.410. The Morgan fingerprint density at radius 2 is 2.11 bits per heavy atom. The molecule has 1 amide bonds. The number of para-hydroxylation sites is 2. The molecule has 0 radical (unpaired) electrons. The molecule has 2 aromatic heterocycles. The van der Waals surface area contributed by atoms with E-state index in [1.165, 1.54) is 18.3 Å². The molecule has 10 heteroatoms. The molecular weight excluding hydrogens is 365 g/mol. The van der Waals surface area contributed by atoms with Gasteiger partial charge in [-0.15, -0.1) is 0 Å². The van der Waals surface area contributed by atoms with Crippen molar-refractivity contribution in [3.8, 4) is 11.5 Å². The van der Waals surface area contributed by atoms with Crippen LogP contribution in [0.5, 0.6) is 0 Å². The molecule has 0 spiro atoms. The fraction of sp³-hybridized carbons (Fsp3) is 0.0556. The van der Waals surface area contributed by atoms with Gasteiger partial charge >= 0.3 is 0 Å². The summed E-state index contributed by atoms with van der Waals surface area (Å²) >= 11 is 0. The van der Waals surface area contributed by atoms with E-state index in [4.69, 9.17) is 5.73 Å². The molecule has 4 aromatic rings. The molecule has 2 heterocycles. The molecule has 0 saturated carbocycles. The van der Waals surface area contributed by atoms with E-state index in [0.717, 1.165) is 0 Å². The number of benzene rings is 2. The Kier molecular flexibility index (Phi) is 4.50. The summed E-state index contributed by atoms with van der Waals surface area (Å²) in [6.45, 7) is -0.0946. The highest BCUT2D eigenvalue weighted by Crippen LogP contribution is 2.26. The van der Waals surface area contributed by atoms with Crippen LogP contribution in [0.15, 0.2) is 58.3 Å². The Labute approximate surface area is 157 Å². The molecule has 9 nitrogen and oxygen atoms in total. The first kappa shape index (κ1) is 17.3. The van der Waals surface area contributed by atoms with Crippen LogP contribution in [0.1, 0.15) is 5.56 Å². The van der Waals surface area contributed by atoms with E-state index < -0.39 is 5.91 Å². The summed E-state index contributed by atoms with van der Waals surface area (Å²) in [7, 11) is 0. The number of imidazole rings is 1. The summed E-state index contributed by atoms with van der Waals surface area (Å²) in [6.07, 6.45) is 1.35. The average Bonchev–Trinajstić information content (AvgIpc) is 3.25. The number of nitrogens with zero attached hydrogens (tertiary/aromatic N) is 5. The van der Waals surface area contributed by atoms with E-state index in [9.17, 15) is 9.18 Å². The number of nitrogens with two attached hydrogens (primary N) is 1. The van der Waals surface area contributed by atoms with Crippen molar-refractivity contribution in [1.29, 1.82) is 0 Å². The molecule has 0 saturated heterocycles. The fourth-order valence-electron chi connectivity index (χ4n) is 2.71. The molecule has 28 heavy (non-hydrogen) atoms. The van der Waals surface area contributed by atoms with Crippen LogP contribution in [0.2, 0.25) is 0 Å². The van der Waals surface area contributed by atoms with E-state index in [2.05, 4.69) is 30.5 Å². The third-order valence-electron chi connectivity index (χ3n) is 3.93. The van der Waals surface area contributed by atoms with Crippen LogP contribution in [-0.4, -0.2) is 32.0 Å². The summed E-state index contributed by atoms with van der Waals surface area (Å²) in [6, 6.07) is 13.1. The summed E-state index contributed by atoms with van der Waals surface area (Å²) in [5.74, 6) is -0.374. The number of aromatic nitrogens is 4. The van der Waals surface area contributed by atoms with Gasteiger partial charge in [0.25, 0.3) is 5.91 Å². The minimum Gasteiger partial charge on any atom is -0.379 e. The molecular formula is C18H14FN7O2. The highest BCUT2D eigenvalue weighted by Gasteiger charge is 2.20. The van der Waals surface area contributed by atoms with Crippen molar-refractivity contribution in [2.24, 2.45) is 5.10 Å². The molecule has 4 rings (SSSR count). The maximum absolute atomic E-state index is 13.2. The van der Waals surface area contributed by atoms with E-state index >= 15 is 0 Å². The molecule has 3 N–H and O–H groups in total. The number of halogens is 1. The molecule has 2 aromatic carbocycles. The van der Waals surface area contributed by atoms with Gasteiger partial charge in [0, 0.05) is 0 Å². The molecule has 0 bridgehead atoms. The van der Waals surface area contributed by atoms with Crippen molar-refractivity contribution in [2.45, 2.75) is 6.54 Å². The molecule has 140 valence electrons. The molecule has 0 atom stereocenters. The number of hydrogen-bond donors (Lipinski definition) is 2. The van der Waals surface area contributed by atoms with Gasteiger partial charge in [0.05, 0.1) is 17.2 Å². The highest BCUT2D eigenvalue weighted by molar-refractivity contribution is 5.86. The predicted molar refractivity (Wildman–Crippen MR) is 99.6 cm³/mol. The Morgan fingerprint density at radius 1 is 1.25 bits per heavy atom. The number of carbonyl (C=O) groups excluding carboxylic acids is 1. The predicted octanol–water partition coefficient (Wildman–Crippen LogP) is 1.96. The van der Waals surface area contributed by atoms with Crippen LogP contribution < -0.4 is 11.2 Å². The van der Waals surface area contributed by atoms with Crippen LogP contribution in [0.4, 0.5) is 10.2 Å². The lowest BCUT2D eigenvalue weighted by Gasteiger charge is -2.06. The number of rotatable bonds is 5. The Hall–Kier alpha value is -4.08. The number of hydrazone groups is 1. The first-order valence-electron chi connectivity index (χ1n) is 8.23. The zero-order chi connectivity index (χ0) is 19.5. The van der Waals surface area contributed by atoms with Crippen LogP contribution in [-0.2, 0) is 11.3 Å². The average molecular weight is 379 g/mol. The quantitative estimate of drug-likeness (QED) is 0.403. The number of nitrogen functional groups attached to an aromatic ring is 1. The standard InChI is InChI=1S/C18H14FN7O2/c19-12-5-3-4-11(8-12)9-21-23-15(27)10-26-14-7-2-1-6-13(14)22-18(26)16-17(20)25-28-24-16/h1-9H,10H2,(H2,20,25)(H,23,27)/b21-9+. The molecule has 0 aliphatic heterocycles. The third-order valence-corrected chi connectivity index (χ3v) is 3.93. The van der Waals surface area contributed by atoms with Crippen molar-refractivity contribution in [1.82, 2.24) is 25.3 Å². The van der Waals surface area contributed by atoms with E-state index in [1.807, 2.05) is 18.2 Å². The number of hydrogen-bond acceptors (Lipinski definition) is 7. The van der Waals surface area contributed by atoms with Gasteiger partial charge in [0.15, 0.2) is 17.3 Å². The van der Waals surface area contributed by atoms with Gasteiger partial charge in [0.2, 0.25) is 0 Å². The normalized spacial score (nSPS) is 11.3. The van der Waals surface area contributed by atoms with Gasteiger partial charge in [-0.05, 0) is 40.1 Å². The second-order valence-corrected chi connectivity index (χ2v) is 5.86. The lowest BCUT2D eigenvalue weighted by Crippen LogP contribution is -2.23. The third kappa shape index (κ3) is 3.43. The maximum Gasteiger partial charge on any atom is 0.260 e. The monoisotopic (exact) mass is 379 g/mol. The van der Waals surface area contributed by atoms with Crippen LogP contribution in [0.25, 0.3) is 22.6 Å². The molecule has 0 fully saturated rings. The summed E-state index contributed by atoms with van der Waals surface area (Å²) in [5.41, 5.74) is 10.3. The van der Waals surface area contributed by atoms with Gasteiger partial charge in [0.1, 0.15) is 12.4 Å². The number of nitrogens with one attached hydrogen (secondary N) is 1. The van der Waals surface area contributed by atoms with Crippen molar-refractivity contribution in [3.63, 3.8) is 0 Å². The van der Waals surface area contributed by atoms with Crippen molar-refractivity contribution in [2.75, 3.05) is 5.73 Å². The van der Waals surface area contributed by atoms with Gasteiger partial charge in [-0.2, -0.15) is 5.10 Å². The summed E-state index contributed by atoms with van der Waals surface area (Å²) in [5, 5.41) is 11.2. The Bertz CT molecular complexity index is 1180. The van der Waals surface area contributed by atoms with Crippen LogP contribution in [0, 0.1) is 5.82 Å². The minimum absolute atomic E-state index is 0.0705. The van der Waals surface area contributed by atoms with Gasteiger partial charge in [-0.1, -0.05) is 24.3 Å². The van der Waals surface area contributed by atoms with Crippen molar-refractivity contribution in [3.05, 3.63) is 59.9 Å². The molecule has 0 aliphatic rings. The number of carbonyl (C=O) groups is 1. The number of amides is 1.